The zero-order chi connectivity index (χ0) is 45.3. The number of aromatic hydroxyl groups is 3. The molecule has 0 saturated heterocycles. The first-order valence-electron chi connectivity index (χ1n) is 16.5. The Morgan fingerprint density at radius 2 is 1.06 bits per heavy atom. The summed E-state index contributed by atoms with van der Waals surface area (Å²) in [6.07, 6.45) is 0. The molecule has 0 saturated carbocycles. The molecule has 0 radical (unpaired) electrons. The molecule has 6 aromatic carbocycles. The number of fused-ring (bicyclic) bond motifs is 1. The van der Waals surface area contributed by atoms with Crippen LogP contribution in [0.25, 0.3) is 10.8 Å². The first-order chi connectivity index (χ1) is 29.0. The van der Waals surface area contributed by atoms with Crippen LogP contribution >= 0.6 is 0 Å². The van der Waals surface area contributed by atoms with Gasteiger partial charge in [0, 0.05) is 30.0 Å². The molecule has 0 atom stereocenters. The van der Waals surface area contributed by atoms with E-state index in [0.29, 0.717) is 18.2 Å². The summed E-state index contributed by atoms with van der Waals surface area (Å²) in [5.74, 6) is -2.54. The standard InChI is InChI=1S/C34H23N9O16S3/c44-27-12-11-25(33(45)31(27)40-36-19-3-1-18(2-4-19)35-24-10-9-22(43(49)50)15-28(24)61(54,55)56)38-39-26-16-23(60(51,52)53)13-17-14-29(62(57,58)59)32(34(46)30(17)26)41-37-20-5-7-21(8-6-20)42(47)48/h1-16,35,44-46H,(H,51,52,53)(H,54,55,56)(H,57,58,59). The maximum absolute atomic E-state index is 12.4. The Hall–Kier alpha value is -7.89. The minimum Gasteiger partial charge on any atom is -0.505 e. The quantitative estimate of drug-likeness (QED) is 0.0247. The Morgan fingerprint density at radius 3 is 1.63 bits per heavy atom. The molecule has 0 aliphatic carbocycles. The van der Waals surface area contributed by atoms with E-state index in [1.165, 1.54) is 24.3 Å². The zero-order valence-corrected chi connectivity index (χ0v) is 32.8. The van der Waals surface area contributed by atoms with Crippen molar-refractivity contribution in [2.24, 2.45) is 30.7 Å². The normalized spacial score (nSPS) is 12.4. The second-order valence-corrected chi connectivity index (χ2v) is 16.5. The molecule has 318 valence electrons. The summed E-state index contributed by atoms with van der Waals surface area (Å²) in [5, 5.41) is 79.6. The average Bonchev–Trinajstić information content (AvgIpc) is 3.19. The first kappa shape index (κ1) is 43.7. The topological polar surface area (TPSA) is 396 Å². The monoisotopic (exact) mass is 909 g/mol. The van der Waals surface area contributed by atoms with E-state index in [0.717, 1.165) is 54.6 Å². The van der Waals surface area contributed by atoms with Gasteiger partial charge in [-0.1, -0.05) is 0 Å². The number of hydrogen-bond acceptors (Lipinski definition) is 20. The Kier molecular flexibility index (Phi) is 11.7. The van der Waals surface area contributed by atoms with Crippen LogP contribution in [0.1, 0.15) is 0 Å². The molecule has 0 aliphatic rings. The van der Waals surface area contributed by atoms with Crippen LogP contribution in [0.5, 0.6) is 17.2 Å². The van der Waals surface area contributed by atoms with Crippen molar-refractivity contribution in [3.63, 3.8) is 0 Å². The molecule has 62 heavy (non-hydrogen) atoms. The molecule has 0 heterocycles. The summed E-state index contributed by atoms with van der Waals surface area (Å²) in [6.45, 7) is 0. The molecule has 6 aromatic rings. The molecule has 25 nitrogen and oxygen atoms in total. The van der Waals surface area contributed by atoms with Crippen molar-refractivity contribution in [2.45, 2.75) is 14.7 Å². The number of phenolic OH excluding ortho intramolecular Hbond substituents is 3. The summed E-state index contributed by atoms with van der Waals surface area (Å²) in [5.41, 5.74) is -3.38. The van der Waals surface area contributed by atoms with Gasteiger partial charge >= 0.3 is 0 Å². The molecule has 0 aliphatic heterocycles. The van der Waals surface area contributed by atoms with Gasteiger partial charge in [-0.15, -0.1) is 20.5 Å². The summed E-state index contributed by atoms with van der Waals surface area (Å²) in [4.78, 5) is 17.8. The SMILES string of the molecule is O=[N+]([O-])c1ccc(N=Nc2c(S(=O)(=O)O)cc3cc(S(=O)(=O)O)cc(N=Nc4ccc(O)c(N=Nc5ccc(Nc6ccc([N+](=O)[O-])cc6S(=O)(=O)O)cc5)c4O)c3c2O)cc1. The largest absolute Gasteiger partial charge is 0.505 e. The summed E-state index contributed by atoms with van der Waals surface area (Å²) in [7, 11) is -15.2. The van der Waals surface area contributed by atoms with Crippen LogP contribution in [0.3, 0.4) is 0 Å². The minimum atomic E-state index is -5.25. The second kappa shape index (κ2) is 16.6. The molecule has 0 fully saturated rings. The third kappa shape index (κ3) is 9.59. The predicted molar refractivity (Wildman–Crippen MR) is 213 cm³/mol. The number of phenols is 3. The number of non-ortho nitro benzene ring substituents is 2. The lowest BCUT2D eigenvalue weighted by molar-refractivity contribution is -0.385. The fourth-order valence-electron chi connectivity index (χ4n) is 5.37. The molecule has 0 unspecified atom stereocenters. The third-order valence-corrected chi connectivity index (χ3v) is 10.8. The smallest absolute Gasteiger partial charge is 0.296 e. The lowest BCUT2D eigenvalue weighted by Gasteiger charge is -2.12. The van der Waals surface area contributed by atoms with Crippen molar-refractivity contribution in [1.29, 1.82) is 0 Å². The van der Waals surface area contributed by atoms with Crippen LogP contribution in [0.2, 0.25) is 0 Å². The van der Waals surface area contributed by atoms with E-state index < -0.39 is 111 Å². The molecule has 0 amide bonds. The van der Waals surface area contributed by atoms with Crippen LogP contribution in [-0.4, -0.2) is 64.1 Å². The number of benzene rings is 6. The number of nitro benzene ring substituents is 2. The molecular formula is C34H23N9O16S3. The van der Waals surface area contributed by atoms with E-state index >= 15 is 0 Å². The van der Waals surface area contributed by atoms with Gasteiger partial charge in [0.05, 0.1) is 42.9 Å². The van der Waals surface area contributed by atoms with Crippen molar-refractivity contribution >= 4 is 98.0 Å². The fraction of sp³-hybridized carbons (Fsp3) is 0. The highest BCUT2D eigenvalue weighted by atomic mass is 32.2. The Balaban J connectivity index is 1.36. The Bertz CT molecular complexity index is 3270. The van der Waals surface area contributed by atoms with Gasteiger partial charge in [-0.3, -0.25) is 33.9 Å². The van der Waals surface area contributed by atoms with Gasteiger partial charge in [-0.25, -0.2) is 0 Å². The maximum atomic E-state index is 12.4. The van der Waals surface area contributed by atoms with Crippen molar-refractivity contribution < 1.29 is 64.1 Å². The van der Waals surface area contributed by atoms with Gasteiger partial charge in [0.1, 0.15) is 26.9 Å². The average molecular weight is 910 g/mol. The second-order valence-electron chi connectivity index (χ2n) is 12.3. The van der Waals surface area contributed by atoms with Crippen LogP contribution in [0.15, 0.2) is 142 Å². The van der Waals surface area contributed by atoms with Gasteiger partial charge in [0.15, 0.2) is 17.2 Å². The molecular weight excluding hydrogens is 887 g/mol. The van der Waals surface area contributed by atoms with E-state index in [-0.39, 0.29) is 28.4 Å². The summed E-state index contributed by atoms with van der Waals surface area (Å²) >= 11 is 0. The van der Waals surface area contributed by atoms with Crippen molar-refractivity contribution in [3.8, 4) is 17.2 Å². The first-order valence-corrected chi connectivity index (χ1v) is 20.8. The van der Waals surface area contributed by atoms with Crippen LogP contribution in [-0.2, 0) is 30.4 Å². The lowest BCUT2D eigenvalue weighted by Crippen LogP contribution is -2.04. The lowest BCUT2D eigenvalue weighted by atomic mass is 10.1. The molecule has 6 rings (SSSR count). The van der Waals surface area contributed by atoms with E-state index in [4.69, 9.17) is 0 Å². The van der Waals surface area contributed by atoms with Crippen LogP contribution in [0, 0.1) is 20.2 Å². The van der Waals surface area contributed by atoms with Crippen LogP contribution in [0.4, 0.5) is 56.9 Å². The van der Waals surface area contributed by atoms with E-state index in [2.05, 4.69) is 36.0 Å². The third-order valence-electron chi connectivity index (χ3n) is 8.24. The molecule has 28 heteroatoms. The highest BCUT2D eigenvalue weighted by Crippen LogP contribution is 2.48. The Morgan fingerprint density at radius 1 is 0.516 bits per heavy atom. The summed E-state index contributed by atoms with van der Waals surface area (Å²) in [6, 6.07) is 16.7. The van der Waals surface area contributed by atoms with Gasteiger partial charge in [-0.2, -0.15) is 35.5 Å². The minimum absolute atomic E-state index is 0.0700. The number of nitrogens with one attached hydrogen (secondary N) is 1. The number of anilines is 2. The van der Waals surface area contributed by atoms with Crippen LogP contribution < -0.4 is 5.32 Å². The number of nitrogens with zero attached hydrogens (tertiary/aromatic N) is 8. The zero-order valence-electron chi connectivity index (χ0n) is 30.3. The van der Waals surface area contributed by atoms with E-state index in [1.54, 1.807) is 0 Å². The van der Waals surface area contributed by atoms with Gasteiger partial charge in [0.2, 0.25) is 0 Å². The number of azo groups is 3. The fourth-order valence-corrected chi connectivity index (χ4v) is 7.23. The number of hydrogen-bond donors (Lipinski definition) is 7. The van der Waals surface area contributed by atoms with Gasteiger partial charge < -0.3 is 20.6 Å². The predicted octanol–water partition coefficient (Wildman–Crippen LogP) is 8.50. The molecule has 7 N–H and O–H groups in total. The number of rotatable bonds is 13. The Labute approximate surface area is 346 Å². The van der Waals surface area contributed by atoms with Crippen molar-refractivity contribution in [3.05, 3.63) is 117 Å². The van der Waals surface area contributed by atoms with Gasteiger partial charge in [0.25, 0.3) is 41.7 Å². The van der Waals surface area contributed by atoms with Gasteiger partial charge in [-0.05, 0) is 78.2 Å². The molecule has 0 spiro atoms. The summed E-state index contributed by atoms with van der Waals surface area (Å²) < 4.78 is 102. The highest BCUT2D eigenvalue weighted by molar-refractivity contribution is 7.86. The number of nitro groups is 2. The molecule has 0 bridgehead atoms. The molecule has 0 aromatic heterocycles. The van der Waals surface area contributed by atoms with Crippen molar-refractivity contribution in [2.75, 3.05) is 5.32 Å². The van der Waals surface area contributed by atoms with E-state index in [1.807, 2.05) is 0 Å². The van der Waals surface area contributed by atoms with Crippen molar-refractivity contribution in [1.82, 2.24) is 0 Å². The maximum Gasteiger partial charge on any atom is 0.296 e. The highest BCUT2D eigenvalue weighted by Gasteiger charge is 2.26. The van der Waals surface area contributed by atoms with E-state index in [9.17, 15) is 74.5 Å².